The Bertz CT molecular complexity index is 509. The van der Waals surface area contributed by atoms with E-state index in [-0.39, 0.29) is 5.38 Å². The third kappa shape index (κ3) is 4.98. The molecule has 0 bridgehead atoms. The van der Waals surface area contributed by atoms with Gasteiger partial charge in [0.2, 0.25) is 0 Å². The molecule has 0 fully saturated rings. The summed E-state index contributed by atoms with van der Waals surface area (Å²) in [5.41, 5.74) is 0. The second-order valence-corrected chi connectivity index (χ2v) is 6.39. The maximum absolute atomic E-state index is 5.92. The number of thioether (sulfide) groups is 1. The average Bonchev–Trinajstić information content (AvgIpc) is 2.40. The van der Waals surface area contributed by atoms with Crippen molar-refractivity contribution in [3.63, 3.8) is 0 Å². The Morgan fingerprint density at radius 1 is 1.00 bits per heavy atom. The number of benzene rings is 2. The summed E-state index contributed by atoms with van der Waals surface area (Å²) in [6.07, 6.45) is 0. The van der Waals surface area contributed by atoms with E-state index < -0.39 is 0 Å². The largest absolute Gasteiger partial charge is 0.457 e. The zero-order valence-corrected chi connectivity index (χ0v) is 12.8. The van der Waals surface area contributed by atoms with Gasteiger partial charge in [-0.3, -0.25) is 0 Å². The van der Waals surface area contributed by atoms with Crippen molar-refractivity contribution in [3.05, 3.63) is 53.6 Å². The molecule has 0 aromatic heterocycles. The van der Waals surface area contributed by atoms with Crippen molar-refractivity contribution in [2.75, 3.05) is 5.75 Å². The molecule has 0 radical (unpaired) electrons. The van der Waals surface area contributed by atoms with E-state index in [2.05, 4.69) is 0 Å². The summed E-state index contributed by atoms with van der Waals surface area (Å²) >= 11 is 13.5. The van der Waals surface area contributed by atoms with E-state index in [0.717, 1.165) is 17.3 Å². The summed E-state index contributed by atoms with van der Waals surface area (Å²) in [6.45, 7) is 1.99. The van der Waals surface area contributed by atoms with Gasteiger partial charge >= 0.3 is 0 Å². The molecular formula is C15H14Cl2OS. The fourth-order valence-corrected chi connectivity index (χ4v) is 2.52. The summed E-state index contributed by atoms with van der Waals surface area (Å²) in [5, 5.41) is 0.879. The average molecular weight is 313 g/mol. The van der Waals surface area contributed by atoms with Crippen molar-refractivity contribution in [2.45, 2.75) is 17.2 Å². The summed E-state index contributed by atoms with van der Waals surface area (Å²) in [4.78, 5) is 1.19. The first-order valence-corrected chi connectivity index (χ1v) is 7.74. The van der Waals surface area contributed by atoms with E-state index in [1.54, 1.807) is 11.8 Å². The topological polar surface area (TPSA) is 9.23 Å². The van der Waals surface area contributed by atoms with Gasteiger partial charge in [0.15, 0.2) is 0 Å². The Balaban J connectivity index is 1.96. The van der Waals surface area contributed by atoms with Gasteiger partial charge in [0.1, 0.15) is 11.5 Å². The zero-order chi connectivity index (χ0) is 13.7. The van der Waals surface area contributed by atoms with Crippen LogP contribution in [-0.2, 0) is 0 Å². The lowest BCUT2D eigenvalue weighted by molar-refractivity contribution is 0.482. The first-order chi connectivity index (χ1) is 9.13. The van der Waals surface area contributed by atoms with Crippen LogP contribution in [0.2, 0.25) is 5.02 Å². The highest BCUT2D eigenvalue weighted by Gasteiger charge is 2.01. The van der Waals surface area contributed by atoms with Gasteiger partial charge in [-0.2, -0.15) is 0 Å². The fourth-order valence-electron chi connectivity index (χ4n) is 1.45. The summed E-state index contributed by atoms with van der Waals surface area (Å²) in [7, 11) is 0. The molecule has 0 aliphatic heterocycles. The second-order valence-electron chi connectivity index (χ2n) is 4.12. The molecule has 0 N–H and O–H groups in total. The van der Waals surface area contributed by atoms with Crippen LogP contribution in [0, 0.1) is 0 Å². The number of hydrogen-bond donors (Lipinski definition) is 0. The van der Waals surface area contributed by atoms with Crippen molar-refractivity contribution >= 4 is 35.0 Å². The summed E-state index contributed by atoms with van der Waals surface area (Å²) in [5.74, 6) is 2.49. The van der Waals surface area contributed by atoms with E-state index in [0.29, 0.717) is 5.02 Å². The molecule has 1 unspecified atom stereocenters. The van der Waals surface area contributed by atoms with Gasteiger partial charge in [0.25, 0.3) is 0 Å². The molecule has 1 nitrogen and oxygen atoms in total. The second kappa shape index (κ2) is 7.09. The third-order valence-electron chi connectivity index (χ3n) is 2.35. The van der Waals surface area contributed by atoms with Crippen molar-refractivity contribution in [1.82, 2.24) is 0 Å². The van der Waals surface area contributed by atoms with Gasteiger partial charge in [-0.05, 0) is 55.5 Å². The van der Waals surface area contributed by atoms with Crippen molar-refractivity contribution in [3.8, 4) is 11.5 Å². The molecule has 0 heterocycles. The van der Waals surface area contributed by atoms with Gasteiger partial charge in [-0.15, -0.1) is 23.4 Å². The Morgan fingerprint density at radius 3 is 2.05 bits per heavy atom. The molecule has 2 aromatic carbocycles. The van der Waals surface area contributed by atoms with Crippen molar-refractivity contribution in [1.29, 1.82) is 0 Å². The number of hydrogen-bond acceptors (Lipinski definition) is 2. The minimum Gasteiger partial charge on any atom is -0.457 e. The van der Waals surface area contributed by atoms with E-state index in [1.807, 2.05) is 55.5 Å². The van der Waals surface area contributed by atoms with Gasteiger partial charge < -0.3 is 4.74 Å². The molecule has 100 valence electrons. The molecule has 2 aromatic rings. The minimum atomic E-state index is 0.176. The lowest BCUT2D eigenvalue weighted by atomic mass is 10.3. The van der Waals surface area contributed by atoms with E-state index in [4.69, 9.17) is 27.9 Å². The Kier molecular flexibility index (Phi) is 5.44. The van der Waals surface area contributed by atoms with Crippen LogP contribution >= 0.6 is 35.0 Å². The highest BCUT2D eigenvalue weighted by molar-refractivity contribution is 7.99. The SMILES string of the molecule is CC(Cl)CSc1ccc(Oc2ccc(Cl)cc2)cc1. The normalized spacial score (nSPS) is 12.2. The van der Waals surface area contributed by atoms with E-state index in [1.165, 1.54) is 4.90 Å². The zero-order valence-electron chi connectivity index (χ0n) is 10.5. The van der Waals surface area contributed by atoms with Crippen LogP contribution in [0.4, 0.5) is 0 Å². The van der Waals surface area contributed by atoms with E-state index >= 15 is 0 Å². The molecule has 19 heavy (non-hydrogen) atoms. The van der Waals surface area contributed by atoms with Crippen LogP contribution in [-0.4, -0.2) is 11.1 Å². The van der Waals surface area contributed by atoms with Gasteiger partial charge in [0.05, 0.1) is 0 Å². The predicted molar refractivity (Wildman–Crippen MR) is 84.0 cm³/mol. The van der Waals surface area contributed by atoms with Crippen molar-refractivity contribution in [2.24, 2.45) is 0 Å². The van der Waals surface area contributed by atoms with Crippen LogP contribution in [0.1, 0.15) is 6.92 Å². The lowest BCUT2D eigenvalue weighted by Crippen LogP contribution is -1.93. The first-order valence-electron chi connectivity index (χ1n) is 5.94. The molecular weight excluding hydrogens is 299 g/mol. The molecule has 2 rings (SSSR count). The van der Waals surface area contributed by atoms with Crippen LogP contribution < -0.4 is 4.74 Å². The van der Waals surface area contributed by atoms with Crippen LogP contribution in [0.15, 0.2) is 53.4 Å². The Labute approximate surface area is 127 Å². The van der Waals surface area contributed by atoms with E-state index in [9.17, 15) is 0 Å². The van der Waals surface area contributed by atoms with Crippen LogP contribution in [0.3, 0.4) is 0 Å². The standard InChI is InChI=1S/C15H14Cl2OS/c1-11(16)10-19-15-8-6-14(7-9-15)18-13-4-2-12(17)3-5-13/h2-9,11H,10H2,1H3. The van der Waals surface area contributed by atoms with Gasteiger partial charge in [-0.25, -0.2) is 0 Å². The lowest BCUT2D eigenvalue weighted by Gasteiger charge is -2.07. The molecule has 0 spiro atoms. The minimum absolute atomic E-state index is 0.176. The molecule has 0 saturated heterocycles. The molecule has 1 atom stereocenters. The number of rotatable bonds is 5. The predicted octanol–water partition coefficient (Wildman–Crippen LogP) is 5.85. The van der Waals surface area contributed by atoms with Gasteiger partial charge in [0, 0.05) is 21.0 Å². The molecule has 0 amide bonds. The number of alkyl halides is 1. The molecule has 0 aliphatic rings. The van der Waals surface area contributed by atoms with Crippen LogP contribution in [0.25, 0.3) is 0 Å². The quantitative estimate of drug-likeness (QED) is 0.505. The summed E-state index contributed by atoms with van der Waals surface area (Å²) in [6, 6.07) is 15.3. The third-order valence-corrected chi connectivity index (χ3v) is 4.21. The number of halogens is 2. The fraction of sp³-hybridized carbons (Fsp3) is 0.200. The monoisotopic (exact) mass is 312 g/mol. The smallest absolute Gasteiger partial charge is 0.127 e. The highest BCUT2D eigenvalue weighted by atomic mass is 35.5. The maximum atomic E-state index is 5.92. The van der Waals surface area contributed by atoms with Gasteiger partial charge in [-0.1, -0.05) is 11.6 Å². The summed E-state index contributed by atoms with van der Waals surface area (Å²) < 4.78 is 5.72. The maximum Gasteiger partial charge on any atom is 0.127 e. The van der Waals surface area contributed by atoms with Crippen molar-refractivity contribution < 1.29 is 4.74 Å². The Morgan fingerprint density at radius 2 is 1.53 bits per heavy atom. The number of ether oxygens (including phenoxy) is 1. The first kappa shape index (κ1) is 14.6. The Hall–Kier alpha value is -0.830. The molecule has 0 saturated carbocycles. The highest BCUT2D eigenvalue weighted by Crippen LogP contribution is 2.26. The molecule has 4 heteroatoms. The molecule has 0 aliphatic carbocycles. The van der Waals surface area contributed by atoms with Crippen LogP contribution in [0.5, 0.6) is 11.5 Å².